The third-order valence-electron chi connectivity index (χ3n) is 5.26. The fraction of sp³-hybridized carbons (Fsp3) is 0.524. The number of rotatable bonds is 8. The van der Waals surface area contributed by atoms with Crippen molar-refractivity contribution in [3.63, 3.8) is 0 Å². The number of carbonyl (C=O) groups excluding carboxylic acids is 1. The number of alkyl halides is 3. The van der Waals surface area contributed by atoms with Gasteiger partial charge in [0.15, 0.2) is 0 Å². The lowest BCUT2D eigenvalue weighted by molar-refractivity contribution is -0.141. The van der Waals surface area contributed by atoms with E-state index >= 15 is 0 Å². The molecule has 31 heavy (non-hydrogen) atoms. The van der Waals surface area contributed by atoms with Crippen LogP contribution >= 0.6 is 0 Å². The lowest BCUT2D eigenvalue weighted by Gasteiger charge is -2.35. The smallest absolute Gasteiger partial charge is 0.406 e. The molecule has 1 aromatic heterocycles. The average Bonchev–Trinajstić information content (AvgIpc) is 3.13. The number of hydrogen-bond acceptors (Lipinski definition) is 5. The minimum Gasteiger partial charge on any atom is -0.497 e. The van der Waals surface area contributed by atoms with E-state index in [1.54, 1.807) is 19.1 Å². The fourth-order valence-electron chi connectivity index (χ4n) is 3.60. The van der Waals surface area contributed by atoms with Crippen LogP contribution in [0.2, 0.25) is 0 Å². The van der Waals surface area contributed by atoms with E-state index in [-0.39, 0.29) is 24.8 Å². The van der Waals surface area contributed by atoms with Crippen molar-refractivity contribution in [2.45, 2.75) is 25.8 Å². The van der Waals surface area contributed by atoms with Crippen molar-refractivity contribution in [3.8, 4) is 5.75 Å². The Balaban J connectivity index is 1.44. The molecule has 0 spiro atoms. The second-order valence-electron chi connectivity index (χ2n) is 7.76. The summed E-state index contributed by atoms with van der Waals surface area (Å²) in [5.41, 5.74) is 1.19. The van der Waals surface area contributed by atoms with Gasteiger partial charge in [-0.15, -0.1) is 0 Å². The highest BCUT2D eigenvalue weighted by atomic mass is 19.4. The number of aromatic nitrogens is 2. The van der Waals surface area contributed by atoms with E-state index in [0.29, 0.717) is 13.1 Å². The molecule has 0 saturated carbocycles. The Morgan fingerprint density at radius 1 is 1.16 bits per heavy atom. The summed E-state index contributed by atoms with van der Waals surface area (Å²) < 4.78 is 44.2. The van der Waals surface area contributed by atoms with Gasteiger partial charge in [0.1, 0.15) is 18.1 Å². The molecule has 0 unspecified atom stereocenters. The molecular weight excluding hydrogens is 411 g/mol. The van der Waals surface area contributed by atoms with Crippen molar-refractivity contribution in [3.05, 3.63) is 48.0 Å². The number of amides is 1. The van der Waals surface area contributed by atoms with Crippen molar-refractivity contribution in [2.75, 3.05) is 46.9 Å². The molecular formula is C21H28F3N5O2. The summed E-state index contributed by atoms with van der Waals surface area (Å²) in [4.78, 5) is 22.4. The van der Waals surface area contributed by atoms with Gasteiger partial charge < -0.3 is 14.2 Å². The minimum absolute atomic E-state index is 0.0273. The lowest BCUT2D eigenvalue weighted by Crippen LogP contribution is -2.50. The number of halogens is 3. The first-order valence-corrected chi connectivity index (χ1v) is 10.1. The lowest BCUT2D eigenvalue weighted by atomic mass is 10.2. The van der Waals surface area contributed by atoms with Crippen LogP contribution in [0.25, 0.3) is 0 Å². The first-order chi connectivity index (χ1) is 14.7. The second kappa shape index (κ2) is 10.1. The summed E-state index contributed by atoms with van der Waals surface area (Å²) in [6, 6.07) is 7.94. The number of ether oxygens (including phenoxy) is 1. The van der Waals surface area contributed by atoms with Crippen molar-refractivity contribution < 1.29 is 22.7 Å². The molecule has 10 heteroatoms. The minimum atomic E-state index is -4.31. The molecule has 0 aliphatic carbocycles. The van der Waals surface area contributed by atoms with Crippen LogP contribution in [0.3, 0.4) is 0 Å². The monoisotopic (exact) mass is 439 g/mol. The van der Waals surface area contributed by atoms with Gasteiger partial charge in [0.25, 0.3) is 0 Å². The number of imidazole rings is 1. The molecule has 1 saturated heterocycles. The molecule has 0 bridgehead atoms. The van der Waals surface area contributed by atoms with E-state index in [9.17, 15) is 18.0 Å². The van der Waals surface area contributed by atoms with E-state index in [0.717, 1.165) is 30.0 Å². The van der Waals surface area contributed by atoms with Crippen LogP contribution in [0.5, 0.6) is 5.75 Å². The van der Waals surface area contributed by atoms with Crippen molar-refractivity contribution in [2.24, 2.45) is 0 Å². The Morgan fingerprint density at radius 2 is 1.84 bits per heavy atom. The predicted octanol–water partition coefficient (Wildman–Crippen LogP) is 2.23. The van der Waals surface area contributed by atoms with Crippen LogP contribution in [0, 0.1) is 0 Å². The normalized spacial score (nSPS) is 15.5. The first-order valence-electron chi connectivity index (χ1n) is 10.1. The van der Waals surface area contributed by atoms with Crippen molar-refractivity contribution in [1.82, 2.24) is 24.3 Å². The molecule has 1 aromatic carbocycles. The van der Waals surface area contributed by atoms with Gasteiger partial charge in [-0.1, -0.05) is 12.1 Å². The van der Waals surface area contributed by atoms with Gasteiger partial charge in [-0.25, -0.2) is 4.98 Å². The van der Waals surface area contributed by atoms with E-state index in [4.69, 9.17) is 4.74 Å². The Kier molecular flexibility index (Phi) is 7.55. The van der Waals surface area contributed by atoms with Gasteiger partial charge in [0.05, 0.1) is 20.2 Å². The van der Waals surface area contributed by atoms with Gasteiger partial charge in [-0.2, -0.15) is 13.2 Å². The van der Waals surface area contributed by atoms with Crippen LogP contribution in [0.4, 0.5) is 13.2 Å². The number of nitrogens with zero attached hydrogens (tertiary/aromatic N) is 5. The molecule has 0 atom stereocenters. The number of piperazine rings is 1. The summed E-state index contributed by atoms with van der Waals surface area (Å²) >= 11 is 0. The second-order valence-corrected chi connectivity index (χ2v) is 7.76. The molecule has 7 nitrogen and oxygen atoms in total. The molecule has 2 aromatic rings. The van der Waals surface area contributed by atoms with Gasteiger partial charge in [-0.05, 0) is 24.7 Å². The van der Waals surface area contributed by atoms with Gasteiger partial charge in [-0.3, -0.25) is 14.6 Å². The molecule has 3 rings (SSSR count). The van der Waals surface area contributed by atoms with E-state index in [2.05, 4.69) is 9.88 Å². The average molecular weight is 439 g/mol. The number of benzene rings is 1. The van der Waals surface area contributed by atoms with Crippen LogP contribution in [0.15, 0.2) is 36.7 Å². The predicted molar refractivity (Wildman–Crippen MR) is 109 cm³/mol. The highest BCUT2D eigenvalue weighted by Crippen LogP contribution is 2.19. The quantitative estimate of drug-likeness (QED) is 0.632. The number of hydrogen-bond donors (Lipinski definition) is 0. The van der Waals surface area contributed by atoms with Crippen LogP contribution < -0.4 is 4.74 Å². The molecule has 1 aliphatic heterocycles. The third kappa shape index (κ3) is 6.96. The molecule has 0 N–H and O–H groups in total. The number of likely N-dealkylation sites (N-methyl/N-ethyl adjacent to an activating group) is 1. The highest BCUT2D eigenvalue weighted by Gasteiger charge is 2.29. The molecule has 0 radical (unpaired) electrons. The van der Waals surface area contributed by atoms with Crippen molar-refractivity contribution in [1.29, 1.82) is 0 Å². The molecule has 170 valence electrons. The van der Waals surface area contributed by atoms with Crippen LogP contribution in [0.1, 0.15) is 11.4 Å². The zero-order valence-electron chi connectivity index (χ0n) is 17.8. The fourth-order valence-corrected chi connectivity index (χ4v) is 3.60. The van der Waals surface area contributed by atoms with Crippen LogP contribution in [-0.2, 0) is 24.4 Å². The summed E-state index contributed by atoms with van der Waals surface area (Å²) in [5.74, 6) is 1.08. The maximum atomic E-state index is 12.7. The third-order valence-corrected chi connectivity index (χ3v) is 5.26. The summed E-state index contributed by atoms with van der Waals surface area (Å²) in [5, 5.41) is 0. The zero-order chi connectivity index (χ0) is 22.4. The molecule has 1 amide bonds. The summed E-state index contributed by atoms with van der Waals surface area (Å²) in [6.07, 6.45) is -1.66. The largest absolute Gasteiger partial charge is 0.497 e. The zero-order valence-corrected chi connectivity index (χ0v) is 17.8. The standard InChI is InChI=1S/C21H28F3N5O2/c1-26(14-19-25-7-8-29(19)16-21(22,23)24)15-20(30)28-11-9-27(10-12-28)13-17-3-5-18(31-2)6-4-17/h3-8H,9-16H2,1-2H3. The van der Waals surface area contributed by atoms with E-state index in [1.165, 1.54) is 18.0 Å². The van der Waals surface area contributed by atoms with E-state index in [1.807, 2.05) is 29.2 Å². The van der Waals surface area contributed by atoms with Gasteiger partial charge in [0, 0.05) is 45.1 Å². The number of carbonyl (C=O) groups is 1. The Hall–Kier alpha value is -2.59. The summed E-state index contributed by atoms with van der Waals surface area (Å²) in [7, 11) is 3.35. The number of methoxy groups -OCH3 is 1. The van der Waals surface area contributed by atoms with Crippen LogP contribution in [-0.4, -0.2) is 83.2 Å². The molecule has 1 aliphatic rings. The van der Waals surface area contributed by atoms with Crippen molar-refractivity contribution >= 4 is 5.91 Å². The Labute approximate surface area is 180 Å². The molecule has 1 fully saturated rings. The van der Waals surface area contributed by atoms with Gasteiger partial charge >= 0.3 is 6.18 Å². The maximum Gasteiger partial charge on any atom is 0.406 e. The Bertz CT molecular complexity index is 845. The van der Waals surface area contributed by atoms with E-state index < -0.39 is 12.7 Å². The maximum absolute atomic E-state index is 12.7. The van der Waals surface area contributed by atoms with Gasteiger partial charge in [0.2, 0.25) is 5.91 Å². The first kappa shape index (κ1) is 23.1. The SMILES string of the molecule is COc1ccc(CN2CCN(C(=O)CN(C)Cc3nccn3CC(F)(F)F)CC2)cc1. The topological polar surface area (TPSA) is 53.8 Å². The highest BCUT2D eigenvalue weighted by molar-refractivity contribution is 5.78. The summed E-state index contributed by atoms with van der Waals surface area (Å²) in [6.45, 7) is 2.85. The Morgan fingerprint density at radius 3 is 2.45 bits per heavy atom. The molecule has 2 heterocycles.